The fourth-order valence-corrected chi connectivity index (χ4v) is 2.20. The van der Waals surface area contributed by atoms with Crippen LogP contribution in [0.2, 0.25) is 5.02 Å². The third-order valence-electron chi connectivity index (χ3n) is 2.69. The Kier molecular flexibility index (Phi) is 3.83. The molecule has 4 heteroatoms. The van der Waals surface area contributed by atoms with Gasteiger partial charge in [0.25, 0.3) is 0 Å². The van der Waals surface area contributed by atoms with Crippen LogP contribution >= 0.6 is 27.5 Å². The lowest BCUT2D eigenvalue weighted by Crippen LogP contribution is -2.06. The standard InChI is InChI=1S/C14H9BrClFO/c1-8-10(3-2-4-12(8)15)14(18)11-6-5-9(16)7-13(11)17/h2-7H,1H3. The molecule has 0 unspecified atom stereocenters. The molecule has 0 bridgehead atoms. The van der Waals surface area contributed by atoms with Crippen molar-refractivity contribution >= 4 is 33.3 Å². The van der Waals surface area contributed by atoms with Crippen LogP contribution in [0.25, 0.3) is 0 Å². The van der Waals surface area contributed by atoms with Crippen LogP contribution in [-0.2, 0) is 0 Å². The first kappa shape index (κ1) is 13.2. The van der Waals surface area contributed by atoms with Gasteiger partial charge in [0, 0.05) is 15.1 Å². The Morgan fingerprint density at radius 3 is 2.61 bits per heavy atom. The van der Waals surface area contributed by atoms with Gasteiger partial charge in [-0.1, -0.05) is 39.7 Å². The minimum atomic E-state index is -0.605. The highest BCUT2D eigenvalue weighted by Gasteiger charge is 2.16. The van der Waals surface area contributed by atoms with Gasteiger partial charge in [-0.15, -0.1) is 0 Å². The van der Waals surface area contributed by atoms with Crippen LogP contribution in [0.4, 0.5) is 4.39 Å². The first-order valence-corrected chi connectivity index (χ1v) is 6.42. The van der Waals surface area contributed by atoms with E-state index >= 15 is 0 Å². The molecule has 2 aromatic carbocycles. The Balaban J connectivity index is 2.51. The van der Waals surface area contributed by atoms with Gasteiger partial charge in [0.2, 0.25) is 0 Å². The fourth-order valence-electron chi connectivity index (χ4n) is 1.67. The van der Waals surface area contributed by atoms with Crippen molar-refractivity contribution in [3.63, 3.8) is 0 Å². The second-order valence-electron chi connectivity index (χ2n) is 3.87. The first-order valence-electron chi connectivity index (χ1n) is 5.25. The molecule has 1 nitrogen and oxygen atoms in total. The zero-order chi connectivity index (χ0) is 13.3. The minimum absolute atomic E-state index is 0.0283. The highest BCUT2D eigenvalue weighted by atomic mass is 79.9. The number of halogens is 3. The molecule has 0 aliphatic heterocycles. The molecule has 0 spiro atoms. The van der Waals surface area contributed by atoms with E-state index in [1.165, 1.54) is 12.1 Å². The van der Waals surface area contributed by atoms with Gasteiger partial charge in [-0.25, -0.2) is 4.39 Å². The Morgan fingerprint density at radius 2 is 1.94 bits per heavy atom. The molecule has 0 atom stereocenters. The molecule has 0 heterocycles. The van der Waals surface area contributed by atoms with E-state index in [2.05, 4.69) is 15.9 Å². The molecule has 0 radical (unpaired) electrons. The zero-order valence-electron chi connectivity index (χ0n) is 9.51. The summed E-state index contributed by atoms with van der Waals surface area (Å²) in [6.45, 7) is 1.81. The summed E-state index contributed by atoms with van der Waals surface area (Å²) in [5.74, 6) is -0.949. The summed E-state index contributed by atoms with van der Waals surface area (Å²) in [6.07, 6.45) is 0. The number of hydrogen-bond acceptors (Lipinski definition) is 1. The van der Waals surface area contributed by atoms with Crippen LogP contribution in [0.1, 0.15) is 21.5 Å². The number of hydrogen-bond donors (Lipinski definition) is 0. The molecule has 0 saturated heterocycles. The second kappa shape index (κ2) is 5.21. The van der Waals surface area contributed by atoms with Crippen molar-refractivity contribution in [1.29, 1.82) is 0 Å². The summed E-state index contributed by atoms with van der Waals surface area (Å²) >= 11 is 9.02. The second-order valence-corrected chi connectivity index (χ2v) is 5.16. The van der Waals surface area contributed by atoms with Crippen molar-refractivity contribution in [2.24, 2.45) is 0 Å². The third kappa shape index (κ3) is 2.47. The van der Waals surface area contributed by atoms with Gasteiger partial charge in [-0.3, -0.25) is 4.79 Å². The Morgan fingerprint density at radius 1 is 1.22 bits per heavy atom. The van der Waals surface area contributed by atoms with E-state index in [9.17, 15) is 9.18 Å². The number of rotatable bonds is 2. The van der Waals surface area contributed by atoms with E-state index in [1.807, 2.05) is 13.0 Å². The Labute approximate surface area is 118 Å². The van der Waals surface area contributed by atoms with Crippen molar-refractivity contribution in [3.8, 4) is 0 Å². The quantitative estimate of drug-likeness (QED) is 0.725. The molecule has 2 rings (SSSR count). The number of ketones is 1. The van der Waals surface area contributed by atoms with Crippen molar-refractivity contribution < 1.29 is 9.18 Å². The van der Waals surface area contributed by atoms with E-state index < -0.39 is 5.82 Å². The summed E-state index contributed by atoms with van der Waals surface area (Å²) in [5, 5.41) is 0.273. The van der Waals surface area contributed by atoms with Crippen molar-refractivity contribution in [1.82, 2.24) is 0 Å². The maximum absolute atomic E-state index is 13.7. The summed E-state index contributed by atoms with van der Waals surface area (Å²) in [5.41, 5.74) is 1.29. The largest absolute Gasteiger partial charge is 0.288 e. The average molecular weight is 328 g/mol. The van der Waals surface area contributed by atoms with Gasteiger partial charge in [-0.2, -0.15) is 0 Å². The number of carbonyl (C=O) groups excluding carboxylic acids is 1. The summed E-state index contributed by atoms with van der Waals surface area (Å²) in [6, 6.07) is 9.31. The molecule has 92 valence electrons. The Bertz CT molecular complexity index is 625. The third-order valence-corrected chi connectivity index (χ3v) is 3.78. The van der Waals surface area contributed by atoms with Crippen LogP contribution in [0.5, 0.6) is 0 Å². The zero-order valence-corrected chi connectivity index (χ0v) is 11.8. The topological polar surface area (TPSA) is 17.1 Å². The maximum Gasteiger partial charge on any atom is 0.196 e. The number of benzene rings is 2. The molecular weight excluding hydrogens is 319 g/mol. The predicted octanol–water partition coefficient (Wildman–Crippen LogP) is 4.78. The molecule has 0 aromatic heterocycles. The monoisotopic (exact) mass is 326 g/mol. The Hall–Kier alpha value is -1.19. The minimum Gasteiger partial charge on any atom is -0.288 e. The van der Waals surface area contributed by atoms with E-state index in [1.54, 1.807) is 12.1 Å². The average Bonchev–Trinajstić information content (AvgIpc) is 2.32. The SMILES string of the molecule is Cc1c(Br)cccc1C(=O)c1ccc(Cl)cc1F. The van der Waals surface area contributed by atoms with E-state index in [0.29, 0.717) is 5.56 Å². The summed E-state index contributed by atoms with van der Waals surface area (Å²) in [7, 11) is 0. The molecule has 0 aliphatic carbocycles. The number of carbonyl (C=O) groups is 1. The lowest BCUT2D eigenvalue weighted by atomic mass is 9.99. The van der Waals surface area contributed by atoms with Crippen LogP contribution in [0.3, 0.4) is 0 Å². The van der Waals surface area contributed by atoms with Gasteiger partial charge < -0.3 is 0 Å². The molecule has 0 amide bonds. The predicted molar refractivity (Wildman–Crippen MR) is 73.7 cm³/mol. The smallest absolute Gasteiger partial charge is 0.196 e. The van der Waals surface area contributed by atoms with Gasteiger partial charge in [0.1, 0.15) is 5.82 Å². The van der Waals surface area contributed by atoms with E-state index in [4.69, 9.17) is 11.6 Å². The summed E-state index contributed by atoms with van der Waals surface area (Å²) in [4.78, 5) is 12.2. The van der Waals surface area contributed by atoms with E-state index in [-0.39, 0.29) is 16.4 Å². The molecule has 0 N–H and O–H groups in total. The highest BCUT2D eigenvalue weighted by Crippen LogP contribution is 2.24. The van der Waals surface area contributed by atoms with Crippen LogP contribution in [-0.4, -0.2) is 5.78 Å². The maximum atomic E-state index is 13.7. The molecular formula is C14H9BrClFO. The van der Waals surface area contributed by atoms with Gasteiger partial charge in [-0.05, 0) is 36.8 Å². The van der Waals surface area contributed by atoms with Gasteiger partial charge in [0.05, 0.1) is 5.56 Å². The summed E-state index contributed by atoms with van der Waals surface area (Å²) < 4.78 is 14.5. The fraction of sp³-hybridized carbons (Fsp3) is 0.0714. The lowest BCUT2D eigenvalue weighted by Gasteiger charge is -2.07. The highest BCUT2D eigenvalue weighted by molar-refractivity contribution is 9.10. The van der Waals surface area contributed by atoms with Crippen LogP contribution in [0, 0.1) is 12.7 Å². The normalized spacial score (nSPS) is 10.4. The molecule has 0 saturated carbocycles. The van der Waals surface area contributed by atoms with E-state index in [0.717, 1.165) is 16.1 Å². The molecule has 2 aromatic rings. The van der Waals surface area contributed by atoms with Crippen molar-refractivity contribution in [3.05, 3.63) is 68.4 Å². The van der Waals surface area contributed by atoms with Crippen molar-refractivity contribution in [2.75, 3.05) is 0 Å². The van der Waals surface area contributed by atoms with Crippen molar-refractivity contribution in [2.45, 2.75) is 6.92 Å². The van der Waals surface area contributed by atoms with Gasteiger partial charge >= 0.3 is 0 Å². The lowest BCUT2D eigenvalue weighted by molar-refractivity contribution is 0.103. The molecule has 18 heavy (non-hydrogen) atoms. The molecule has 0 aliphatic rings. The van der Waals surface area contributed by atoms with Crippen LogP contribution in [0.15, 0.2) is 40.9 Å². The van der Waals surface area contributed by atoms with Gasteiger partial charge in [0.15, 0.2) is 5.78 Å². The first-order chi connectivity index (χ1) is 8.50. The molecule has 0 fully saturated rings. The van der Waals surface area contributed by atoms with Crippen LogP contribution < -0.4 is 0 Å².